The molecule has 0 bridgehead atoms. The number of hydrogen-bond acceptors (Lipinski definition) is 7. The first-order valence-electron chi connectivity index (χ1n) is 9.85. The number of hydrazone groups is 1. The number of benzene rings is 1. The lowest BCUT2D eigenvalue weighted by Crippen LogP contribution is -2.49. The van der Waals surface area contributed by atoms with Crippen molar-refractivity contribution in [2.24, 2.45) is 11.0 Å². The van der Waals surface area contributed by atoms with Crippen LogP contribution in [0.3, 0.4) is 0 Å². The Labute approximate surface area is 185 Å². The van der Waals surface area contributed by atoms with Crippen molar-refractivity contribution in [3.8, 4) is 17.6 Å². The van der Waals surface area contributed by atoms with Gasteiger partial charge in [-0.1, -0.05) is 19.9 Å². The molecule has 0 saturated heterocycles. The molecule has 1 atom stereocenters. The maximum Gasteiger partial charge on any atom is 0.262 e. The zero-order valence-corrected chi connectivity index (χ0v) is 18.6. The molecule has 31 heavy (non-hydrogen) atoms. The SMILES string of the molecule is CCOc1cc(/C=N\NC(=O)C(NC(=O)Cc2cccs2)C(C)C)ccc1OCC#N. The second-order valence-corrected chi connectivity index (χ2v) is 7.90. The number of carbonyl (C=O) groups excluding carboxylic acids is 2. The number of rotatable bonds is 11. The summed E-state index contributed by atoms with van der Waals surface area (Å²) in [6, 6.07) is 10.1. The van der Waals surface area contributed by atoms with Gasteiger partial charge < -0.3 is 14.8 Å². The maximum atomic E-state index is 12.5. The summed E-state index contributed by atoms with van der Waals surface area (Å²) in [7, 11) is 0. The van der Waals surface area contributed by atoms with Crippen LogP contribution in [0.1, 0.15) is 31.2 Å². The zero-order valence-electron chi connectivity index (χ0n) is 17.8. The van der Waals surface area contributed by atoms with Gasteiger partial charge in [0, 0.05) is 4.88 Å². The molecule has 1 aromatic carbocycles. The molecule has 2 N–H and O–H groups in total. The van der Waals surface area contributed by atoms with E-state index in [2.05, 4.69) is 15.8 Å². The molecular weight excluding hydrogens is 416 g/mol. The highest BCUT2D eigenvalue weighted by Crippen LogP contribution is 2.28. The second-order valence-electron chi connectivity index (χ2n) is 6.87. The summed E-state index contributed by atoms with van der Waals surface area (Å²) in [6.45, 7) is 5.90. The molecule has 0 radical (unpaired) electrons. The van der Waals surface area contributed by atoms with Crippen LogP contribution in [0.4, 0.5) is 0 Å². The number of nitriles is 1. The van der Waals surface area contributed by atoms with Gasteiger partial charge in [0.1, 0.15) is 12.1 Å². The van der Waals surface area contributed by atoms with Gasteiger partial charge in [0.25, 0.3) is 5.91 Å². The molecule has 1 aromatic heterocycles. The summed E-state index contributed by atoms with van der Waals surface area (Å²) in [4.78, 5) is 25.7. The van der Waals surface area contributed by atoms with Crippen LogP contribution >= 0.6 is 11.3 Å². The monoisotopic (exact) mass is 442 g/mol. The summed E-state index contributed by atoms with van der Waals surface area (Å²) in [5.41, 5.74) is 3.16. The lowest BCUT2D eigenvalue weighted by molar-refractivity contribution is -0.129. The quantitative estimate of drug-likeness (QED) is 0.410. The molecule has 0 fully saturated rings. The van der Waals surface area contributed by atoms with Gasteiger partial charge in [-0.2, -0.15) is 10.4 Å². The van der Waals surface area contributed by atoms with Crippen molar-refractivity contribution in [1.82, 2.24) is 10.7 Å². The number of amides is 2. The Kier molecular flexibility index (Phi) is 9.52. The molecule has 1 heterocycles. The van der Waals surface area contributed by atoms with E-state index in [1.54, 1.807) is 18.2 Å². The van der Waals surface area contributed by atoms with Gasteiger partial charge in [-0.15, -0.1) is 11.3 Å². The molecule has 2 amide bonds. The molecule has 9 heteroatoms. The van der Waals surface area contributed by atoms with Crippen LogP contribution < -0.4 is 20.2 Å². The van der Waals surface area contributed by atoms with Crippen LogP contribution in [0, 0.1) is 17.2 Å². The zero-order chi connectivity index (χ0) is 22.6. The van der Waals surface area contributed by atoms with E-state index in [0.29, 0.717) is 23.7 Å². The lowest BCUT2D eigenvalue weighted by Gasteiger charge is -2.20. The van der Waals surface area contributed by atoms with E-state index >= 15 is 0 Å². The Balaban J connectivity index is 1.98. The van der Waals surface area contributed by atoms with E-state index in [1.807, 2.05) is 44.4 Å². The molecular formula is C22H26N4O4S. The Morgan fingerprint density at radius 3 is 2.71 bits per heavy atom. The Hall–Kier alpha value is -3.38. The average Bonchev–Trinajstić information content (AvgIpc) is 3.24. The summed E-state index contributed by atoms with van der Waals surface area (Å²) in [5, 5.41) is 17.3. The fourth-order valence-corrected chi connectivity index (χ4v) is 3.38. The fraction of sp³-hybridized carbons (Fsp3) is 0.364. The Morgan fingerprint density at radius 2 is 2.06 bits per heavy atom. The number of thiophene rings is 1. The van der Waals surface area contributed by atoms with Crippen molar-refractivity contribution in [3.63, 3.8) is 0 Å². The normalized spacial score (nSPS) is 11.7. The third-order valence-corrected chi connectivity index (χ3v) is 5.01. The smallest absolute Gasteiger partial charge is 0.262 e. The van der Waals surface area contributed by atoms with Crippen LogP contribution in [0.5, 0.6) is 11.5 Å². The highest BCUT2D eigenvalue weighted by molar-refractivity contribution is 7.10. The molecule has 0 aliphatic heterocycles. The van der Waals surface area contributed by atoms with Crippen LogP contribution in [-0.4, -0.2) is 37.3 Å². The minimum absolute atomic E-state index is 0.0850. The van der Waals surface area contributed by atoms with Crippen molar-refractivity contribution >= 4 is 29.4 Å². The van der Waals surface area contributed by atoms with Gasteiger partial charge in [0.05, 0.1) is 19.2 Å². The van der Waals surface area contributed by atoms with Crippen molar-refractivity contribution in [1.29, 1.82) is 5.26 Å². The molecule has 0 aliphatic carbocycles. The van der Waals surface area contributed by atoms with E-state index in [9.17, 15) is 9.59 Å². The minimum Gasteiger partial charge on any atom is -0.490 e. The first-order valence-corrected chi connectivity index (χ1v) is 10.7. The largest absolute Gasteiger partial charge is 0.490 e. The van der Waals surface area contributed by atoms with Gasteiger partial charge in [0.15, 0.2) is 18.1 Å². The van der Waals surface area contributed by atoms with Crippen LogP contribution in [-0.2, 0) is 16.0 Å². The van der Waals surface area contributed by atoms with Crippen LogP contribution in [0.2, 0.25) is 0 Å². The van der Waals surface area contributed by atoms with Gasteiger partial charge in [-0.3, -0.25) is 9.59 Å². The minimum atomic E-state index is -0.703. The van der Waals surface area contributed by atoms with Crippen LogP contribution in [0.15, 0.2) is 40.8 Å². The lowest BCUT2D eigenvalue weighted by atomic mass is 10.0. The molecule has 0 saturated carbocycles. The molecule has 0 aliphatic rings. The predicted octanol–water partition coefficient (Wildman–Crippen LogP) is 2.88. The van der Waals surface area contributed by atoms with Gasteiger partial charge in [-0.25, -0.2) is 5.43 Å². The summed E-state index contributed by atoms with van der Waals surface area (Å²) in [6.07, 6.45) is 1.71. The van der Waals surface area contributed by atoms with Gasteiger partial charge in [-0.05, 0) is 48.1 Å². The van der Waals surface area contributed by atoms with E-state index in [4.69, 9.17) is 14.7 Å². The summed E-state index contributed by atoms with van der Waals surface area (Å²) in [5.74, 6) is 0.217. The Morgan fingerprint density at radius 1 is 1.26 bits per heavy atom. The van der Waals surface area contributed by atoms with E-state index in [0.717, 1.165) is 4.88 Å². The van der Waals surface area contributed by atoms with Crippen molar-refractivity contribution in [2.45, 2.75) is 33.2 Å². The third-order valence-electron chi connectivity index (χ3n) is 4.13. The number of hydrogen-bond donors (Lipinski definition) is 2. The molecule has 2 rings (SSSR count). The fourth-order valence-electron chi connectivity index (χ4n) is 2.67. The molecule has 0 spiro atoms. The number of nitrogens with zero attached hydrogens (tertiary/aromatic N) is 2. The maximum absolute atomic E-state index is 12.5. The predicted molar refractivity (Wildman–Crippen MR) is 119 cm³/mol. The molecule has 8 nitrogen and oxygen atoms in total. The van der Waals surface area contributed by atoms with E-state index in [-0.39, 0.29) is 24.9 Å². The molecule has 1 unspecified atom stereocenters. The topological polar surface area (TPSA) is 113 Å². The summed E-state index contributed by atoms with van der Waals surface area (Å²) >= 11 is 1.50. The first kappa shape index (κ1) is 23.9. The van der Waals surface area contributed by atoms with Crippen molar-refractivity contribution < 1.29 is 19.1 Å². The number of nitrogens with one attached hydrogen (secondary N) is 2. The standard InChI is InChI=1S/C22H26N4O4S/c1-4-29-19-12-16(7-8-18(19)30-10-9-23)14-24-26-22(28)21(15(2)3)25-20(27)13-17-6-5-11-31-17/h5-8,11-12,14-15,21H,4,10,13H2,1-3H3,(H,25,27)(H,26,28)/b24-14-. The first-order chi connectivity index (χ1) is 14.9. The van der Waals surface area contributed by atoms with Crippen LogP contribution in [0.25, 0.3) is 0 Å². The third kappa shape index (κ3) is 7.75. The Bertz CT molecular complexity index is 935. The van der Waals surface area contributed by atoms with E-state index in [1.165, 1.54) is 17.6 Å². The second kappa shape index (κ2) is 12.3. The highest BCUT2D eigenvalue weighted by Gasteiger charge is 2.24. The number of ether oxygens (including phenoxy) is 2. The van der Waals surface area contributed by atoms with Gasteiger partial charge in [0.2, 0.25) is 5.91 Å². The summed E-state index contributed by atoms with van der Waals surface area (Å²) < 4.78 is 10.9. The van der Waals surface area contributed by atoms with Crippen molar-refractivity contribution in [2.75, 3.05) is 13.2 Å². The average molecular weight is 443 g/mol. The number of carbonyl (C=O) groups is 2. The molecule has 164 valence electrons. The molecule has 2 aromatic rings. The van der Waals surface area contributed by atoms with Gasteiger partial charge >= 0.3 is 0 Å². The highest BCUT2D eigenvalue weighted by atomic mass is 32.1. The van der Waals surface area contributed by atoms with Crippen molar-refractivity contribution in [3.05, 3.63) is 46.2 Å². The van der Waals surface area contributed by atoms with E-state index < -0.39 is 11.9 Å².